The van der Waals surface area contributed by atoms with Gasteiger partial charge in [-0.15, -0.1) is 0 Å². The Balaban J connectivity index is 3.39. The summed E-state index contributed by atoms with van der Waals surface area (Å²) in [6, 6.07) is 2.52. The summed E-state index contributed by atoms with van der Waals surface area (Å²) in [4.78, 5) is 10.2. The Kier molecular flexibility index (Phi) is 4.24. The van der Waals surface area contributed by atoms with E-state index in [-0.39, 0.29) is 22.7 Å². The molecule has 2 N–H and O–H groups in total. The Morgan fingerprint density at radius 1 is 1.41 bits per heavy atom. The fraction of sp³-hybridized carbons (Fsp3) is 0.400. The van der Waals surface area contributed by atoms with Crippen LogP contribution in [0.4, 0.5) is 5.69 Å². The van der Waals surface area contributed by atoms with Crippen LogP contribution in [0.5, 0.6) is 11.5 Å². The zero-order chi connectivity index (χ0) is 13.0. The van der Waals surface area contributed by atoms with Crippen LogP contribution in [0, 0.1) is 10.1 Å². The van der Waals surface area contributed by atoms with Gasteiger partial charge in [-0.25, -0.2) is 0 Å². The SMILES string of the molecule is COc1cc(C(O)CO)cc([N+](=O)[O-])c1OC. The van der Waals surface area contributed by atoms with Crippen molar-refractivity contribution in [1.29, 1.82) is 0 Å². The molecule has 0 aliphatic rings. The lowest BCUT2D eigenvalue weighted by Gasteiger charge is -2.12. The summed E-state index contributed by atoms with van der Waals surface area (Å²) in [5, 5.41) is 29.1. The van der Waals surface area contributed by atoms with Gasteiger partial charge in [-0.1, -0.05) is 0 Å². The van der Waals surface area contributed by atoms with Gasteiger partial charge in [0, 0.05) is 6.07 Å². The van der Waals surface area contributed by atoms with Crippen LogP contribution in [-0.2, 0) is 0 Å². The first kappa shape index (κ1) is 13.2. The maximum absolute atomic E-state index is 10.8. The summed E-state index contributed by atoms with van der Waals surface area (Å²) < 4.78 is 9.83. The summed E-state index contributed by atoms with van der Waals surface area (Å²) in [6.45, 7) is -0.535. The topological polar surface area (TPSA) is 102 Å². The number of ether oxygens (including phenoxy) is 2. The van der Waals surface area contributed by atoms with Gasteiger partial charge in [-0.3, -0.25) is 10.1 Å². The zero-order valence-corrected chi connectivity index (χ0v) is 9.41. The van der Waals surface area contributed by atoms with E-state index in [2.05, 4.69) is 0 Å². The molecule has 1 aromatic rings. The van der Waals surface area contributed by atoms with Crippen LogP contribution in [0.3, 0.4) is 0 Å². The predicted molar refractivity (Wildman–Crippen MR) is 58.2 cm³/mol. The van der Waals surface area contributed by atoms with Crippen molar-refractivity contribution in [1.82, 2.24) is 0 Å². The van der Waals surface area contributed by atoms with E-state index in [1.54, 1.807) is 0 Å². The highest BCUT2D eigenvalue weighted by Gasteiger charge is 2.23. The van der Waals surface area contributed by atoms with E-state index >= 15 is 0 Å². The van der Waals surface area contributed by atoms with Crippen LogP contribution in [0.2, 0.25) is 0 Å². The van der Waals surface area contributed by atoms with Crippen molar-refractivity contribution < 1.29 is 24.6 Å². The normalized spacial score (nSPS) is 12.0. The van der Waals surface area contributed by atoms with E-state index in [1.807, 2.05) is 0 Å². The number of methoxy groups -OCH3 is 2. The van der Waals surface area contributed by atoms with Gasteiger partial charge < -0.3 is 19.7 Å². The summed E-state index contributed by atoms with van der Waals surface area (Å²) in [5.74, 6) is 0.107. The molecule has 0 aromatic heterocycles. The first-order valence-electron chi connectivity index (χ1n) is 4.74. The van der Waals surface area contributed by atoms with Gasteiger partial charge in [0.05, 0.1) is 25.7 Å². The molecule has 0 amide bonds. The fourth-order valence-corrected chi connectivity index (χ4v) is 1.40. The molecule has 1 rings (SSSR count). The summed E-state index contributed by atoms with van der Waals surface area (Å²) in [7, 11) is 2.61. The lowest BCUT2D eigenvalue weighted by molar-refractivity contribution is -0.385. The van der Waals surface area contributed by atoms with Crippen LogP contribution in [0.1, 0.15) is 11.7 Å². The standard InChI is InChI=1S/C10H13NO6/c1-16-9-4-6(8(13)5-12)3-7(11(14)15)10(9)17-2/h3-4,8,12-13H,5H2,1-2H3. The predicted octanol–water partition coefficient (Wildman–Crippen LogP) is 0.638. The Morgan fingerprint density at radius 2 is 2.06 bits per heavy atom. The van der Waals surface area contributed by atoms with Gasteiger partial charge in [0.1, 0.15) is 6.10 Å². The van der Waals surface area contributed by atoms with Crippen LogP contribution >= 0.6 is 0 Å². The monoisotopic (exact) mass is 243 g/mol. The molecule has 0 saturated carbocycles. The van der Waals surface area contributed by atoms with Crippen LogP contribution < -0.4 is 9.47 Å². The molecule has 0 saturated heterocycles. The highest BCUT2D eigenvalue weighted by molar-refractivity contribution is 5.58. The molecule has 1 unspecified atom stereocenters. The molecule has 1 atom stereocenters. The van der Waals surface area contributed by atoms with Crippen molar-refractivity contribution in [2.75, 3.05) is 20.8 Å². The van der Waals surface area contributed by atoms with Crippen LogP contribution in [0.15, 0.2) is 12.1 Å². The first-order valence-corrected chi connectivity index (χ1v) is 4.74. The second-order valence-electron chi connectivity index (χ2n) is 3.23. The third-order valence-corrected chi connectivity index (χ3v) is 2.24. The van der Waals surface area contributed by atoms with Gasteiger partial charge in [-0.05, 0) is 11.6 Å². The minimum Gasteiger partial charge on any atom is -0.493 e. The van der Waals surface area contributed by atoms with Crippen LogP contribution in [0.25, 0.3) is 0 Å². The lowest BCUT2D eigenvalue weighted by atomic mass is 10.1. The second kappa shape index (κ2) is 5.46. The number of benzene rings is 1. The highest BCUT2D eigenvalue weighted by Crippen LogP contribution is 2.39. The third-order valence-electron chi connectivity index (χ3n) is 2.24. The van der Waals surface area contributed by atoms with Crippen molar-refractivity contribution in [2.45, 2.75) is 6.10 Å². The quantitative estimate of drug-likeness (QED) is 0.581. The van der Waals surface area contributed by atoms with E-state index in [9.17, 15) is 15.2 Å². The molecule has 0 radical (unpaired) electrons. The maximum atomic E-state index is 10.8. The Bertz CT molecular complexity index is 420. The number of nitro benzene ring substituents is 1. The number of aliphatic hydroxyl groups excluding tert-OH is 2. The lowest BCUT2D eigenvalue weighted by Crippen LogP contribution is -2.05. The zero-order valence-electron chi connectivity index (χ0n) is 9.41. The van der Waals surface area contributed by atoms with Crippen molar-refractivity contribution in [2.24, 2.45) is 0 Å². The van der Waals surface area contributed by atoms with Crippen molar-refractivity contribution in [3.8, 4) is 11.5 Å². The fourth-order valence-electron chi connectivity index (χ4n) is 1.40. The van der Waals surface area contributed by atoms with Gasteiger partial charge in [-0.2, -0.15) is 0 Å². The first-order chi connectivity index (χ1) is 8.04. The van der Waals surface area contributed by atoms with E-state index in [4.69, 9.17) is 14.6 Å². The molecular formula is C10H13NO6. The number of nitro groups is 1. The number of hydrogen-bond acceptors (Lipinski definition) is 6. The Labute approximate surface area is 97.4 Å². The third kappa shape index (κ3) is 2.63. The molecule has 0 fully saturated rings. The molecule has 0 aliphatic carbocycles. The molecule has 7 heteroatoms. The molecular weight excluding hydrogens is 230 g/mol. The van der Waals surface area contributed by atoms with Crippen molar-refractivity contribution in [3.63, 3.8) is 0 Å². The summed E-state index contributed by atoms with van der Waals surface area (Å²) in [5.41, 5.74) is -0.133. The molecule has 7 nitrogen and oxygen atoms in total. The van der Waals surface area contributed by atoms with Crippen molar-refractivity contribution in [3.05, 3.63) is 27.8 Å². The smallest absolute Gasteiger partial charge is 0.315 e. The number of nitrogens with zero attached hydrogens (tertiary/aromatic N) is 1. The second-order valence-corrected chi connectivity index (χ2v) is 3.23. The molecule has 1 aromatic carbocycles. The molecule has 0 spiro atoms. The Hall–Kier alpha value is -1.86. The van der Waals surface area contributed by atoms with Gasteiger partial charge in [0.15, 0.2) is 5.75 Å². The van der Waals surface area contributed by atoms with E-state index < -0.39 is 17.6 Å². The largest absolute Gasteiger partial charge is 0.493 e. The number of rotatable bonds is 5. The van der Waals surface area contributed by atoms with E-state index in [1.165, 1.54) is 20.3 Å². The molecule has 94 valence electrons. The number of aliphatic hydroxyl groups is 2. The summed E-state index contributed by atoms with van der Waals surface area (Å²) in [6.07, 6.45) is -1.20. The molecule has 0 heterocycles. The highest BCUT2D eigenvalue weighted by atomic mass is 16.6. The average Bonchev–Trinajstić information content (AvgIpc) is 2.35. The van der Waals surface area contributed by atoms with Crippen LogP contribution in [-0.4, -0.2) is 36.0 Å². The van der Waals surface area contributed by atoms with E-state index in [0.29, 0.717) is 0 Å². The molecule has 0 aliphatic heterocycles. The van der Waals surface area contributed by atoms with E-state index in [0.717, 1.165) is 6.07 Å². The minimum atomic E-state index is -1.20. The van der Waals surface area contributed by atoms with Crippen molar-refractivity contribution >= 4 is 5.69 Å². The number of hydrogen-bond donors (Lipinski definition) is 2. The van der Waals surface area contributed by atoms with Gasteiger partial charge in [0.25, 0.3) is 0 Å². The minimum absolute atomic E-state index is 0.0219. The molecule has 0 bridgehead atoms. The molecule has 17 heavy (non-hydrogen) atoms. The summed E-state index contributed by atoms with van der Waals surface area (Å²) >= 11 is 0. The van der Waals surface area contributed by atoms with Gasteiger partial charge in [0.2, 0.25) is 5.75 Å². The average molecular weight is 243 g/mol. The Morgan fingerprint density at radius 3 is 2.47 bits per heavy atom. The maximum Gasteiger partial charge on any atom is 0.315 e. The van der Waals surface area contributed by atoms with Gasteiger partial charge >= 0.3 is 5.69 Å².